The standard InChI is InChI=1S/C18H21N3O3/c1-3-16(20-14-7-5-4-6-8-14)18(23)21-19-12-13-11-15(24-2)9-10-17(13)22/h4-12,16,20,22H,3H2,1-2H3,(H,21,23). The third kappa shape index (κ3) is 4.74. The lowest BCUT2D eigenvalue weighted by Gasteiger charge is -2.16. The van der Waals surface area contributed by atoms with Gasteiger partial charge >= 0.3 is 0 Å². The zero-order valence-electron chi connectivity index (χ0n) is 13.7. The van der Waals surface area contributed by atoms with Crippen LogP contribution in [0.2, 0.25) is 0 Å². The van der Waals surface area contributed by atoms with Crippen molar-refractivity contribution in [3.05, 3.63) is 54.1 Å². The number of hydrazone groups is 1. The number of phenolic OH excluding ortho intramolecular Hbond substituents is 1. The summed E-state index contributed by atoms with van der Waals surface area (Å²) in [5, 5.41) is 16.8. The molecule has 1 amide bonds. The summed E-state index contributed by atoms with van der Waals surface area (Å²) in [5.74, 6) is 0.404. The first-order valence-corrected chi connectivity index (χ1v) is 7.65. The summed E-state index contributed by atoms with van der Waals surface area (Å²) < 4.78 is 5.09. The van der Waals surface area contributed by atoms with Crippen LogP contribution in [0.4, 0.5) is 5.69 Å². The third-order valence-electron chi connectivity index (χ3n) is 3.45. The third-order valence-corrected chi connectivity index (χ3v) is 3.45. The van der Waals surface area contributed by atoms with Crippen LogP contribution < -0.4 is 15.5 Å². The molecule has 0 aliphatic rings. The van der Waals surface area contributed by atoms with Crippen LogP contribution in [0.3, 0.4) is 0 Å². The van der Waals surface area contributed by atoms with Crippen molar-refractivity contribution in [3.8, 4) is 11.5 Å². The number of nitrogens with zero attached hydrogens (tertiary/aromatic N) is 1. The van der Waals surface area contributed by atoms with Crippen LogP contribution >= 0.6 is 0 Å². The van der Waals surface area contributed by atoms with E-state index in [1.807, 2.05) is 37.3 Å². The number of ether oxygens (including phenoxy) is 1. The number of anilines is 1. The summed E-state index contributed by atoms with van der Waals surface area (Å²) >= 11 is 0. The Balaban J connectivity index is 1.98. The highest BCUT2D eigenvalue weighted by Gasteiger charge is 2.15. The minimum atomic E-state index is -0.400. The lowest BCUT2D eigenvalue weighted by atomic mass is 10.2. The molecule has 1 unspecified atom stereocenters. The molecular weight excluding hydrogens is 306 g/mol. The quantitative estimate of drug-likeness (QED) is 0.539. The molecule has 0 radical (unpaired) electrons. The van der Waals surface area contributed by atoms with Crippen LogP contribution in [-0.2, 0) is 4.79 Å². The Hall–Kier alpha value is -3.02. The molecule has 0 aliphatic carbocycles. The van der Waals surface area contributed by atoms with E-state index in [-0.39, 0.29) is 11.7 Å². The van der Waals surface area contributed by atoms with Gasteiger partial charge in [0.25, 0.3) is 5.91 Å². The summed E-state index contributed by atoms with van der Waals surface area (Å²) in [6.45, 7) is 1.91. The number of nitrogens with one attached hydrogen (secondary N) is 2. The molecule has 0 aliphatic heterocycles. The summed E-state index contributed by atoms with van der Waals surface area (Å²) in [6.07, 6.45) is 1.99. The maximum absolute atomic E-state index is 12.2. The summed E-state index contributed by atoms with van der Waals surface area (Å²) in [5.41, 5.74) is 3.81. The van der Waals surface area contributed by atoms with Crippen LogP contribution in [0.25, 0.3) is 0 Å². The molecule has 1 atom stereocenters. The fourth-order valence-electron chi connectivity index (χ4n) is 2.09. The molecule has 2 rings (SSSR count). The molecule has 0 heterocycles. The van der Waals surface area contributed by atoms with Gasteiger partial charge in [0.2, 0.25) is 0 Å². The maximum Gasteiger partial charge on any atom is 0.262 e. The number of rotatable bonds is 7. The summed E-state index contributed by atoms with van der Waals surface area (Å²) in [6, 6.07) is 13.9. The average molecular weight is 327 g/mol. The molecule has 6 nitrogen and oxygen atoms in total. The number of carbonyl (C=O) groups is 1. The van der Waals surface area contributed by atoms with Crippen molar-refractivity contribution in [2.75, 3.05) is 12.4 Å². The molecule has 24 heavy (non-hydrogen) atoms. The highest BCUT2D eigenvalue weighted by atomic mass is 16.5. The van der Waals surface area contributed by atoms with Crippen molar-refractivity contribution in [3.63, 3.8) is 0 Å². The number of para-hydroxylation sites is 1. The second kappa shape index (κ2) is 8.57. The maximum atomic E-state index is 12.2. The molecule has 6 heteroatoms. The molecule has 0 bridgehead atoms. The van der Waals surface area contributed by atoms with Crippen molar-refractivity contribution in [1.29, 1.82) is 0 Å². The van der Waals surface area contributed by atoms with Gasteiger partial charge in [-0.05, 0) is 36.8 Å². The first-order valence-electron chi connectivity index (χ1n) is 7.65. The second-order valence-electron chi connectivity index (χ2n) is 5.13. The summed E-state index contributed by atoms with van der Waals surface area (Å²) in [7, 11) is 1.54. The number of methoxy groups -OCH3 is 1. The van der Waals surface area contributed by atoms with E-state index >= 15 is 0 Å². The second-order valence-corrected chi connectivity index (χ2v) is 5.13. The number of aromatic hydroxyl groups is 1. The molecule has 0 saturated heterocycles. The van der Waals surface area contributed by atoms with Gasteiger partial charge in [0, 0.05) is 11.3 Å². The zero-order valence-corrected chi connectivity index (χ0v) is 13.7. The van der Waals surface area contributed by atoms with E-state index in [0.717, 1.165) is 5.69 Å². The fourth-order valence-corrected chi connectivity index (χ4v) is 2.09. The van der Waals surface area contributed by atoms with Gasteiger partial charge in [-0.1, -0.05) is 25.1 Å². The van der Waals surface area contributed by atoms with Crippen molar-refractivity contribution < 1.29 is 14.6 Å². The number of hydrogen-bond donors (Lipinski definition) is 3. The Bertz CT molecular complexity index is 702. The Morgan fingerprint density at radius 3 is 2.71 bits per heavy atom. The highest BCUT2D eigenvalue weighted by Crippen LogP contribution is 2.20. The highest BCUT2D eigenvalue weighted by molar-refractivity contribution is 5.88. The van der Waals surface area contributed by atoms with E-state index in [1.54, 1.807) is 12.1 Å². The normalized spacial score (nSPS) is 11.9. The van der Waals surface area contributed by atoms with E-state index in [1.165, 1.54) is 19.4 Å². The minimum absolute atomic E-state index is 0.0586. The average Bonchev–Trinajstić information content (AvgIpc) is 2.62. The number of carbonyl (C=O) groups excluding carboxylic acids is 1. The molecule has 0 fully saturated rings. The predicted molar refractivity (Wildman–Crippen MR) is 94.5 cm³/mol. The van der Waals surface area contributed by atoms with Crippen LogP contribution in [-0.4, -0.2) is 30.4 Å². The van der Waals surface area contributed by atoms with Gasteiger partial charge in [0.05, 0.1) is 13.3 Å². The Kier molecular flexibility index (Phi) is 6.19. The topological polar surface area (TPSA) is 83.0 Å². The van der Waals surface area contributed by atoms with Crippen LogP contribution in [0.5, 0.6) is 11.5 Å². The van der Waals surface area contributed by atoms with Crippen molar-refractivity contribution in [2.45, 2.75) is 19.4 Å². The molecule has 126 valence electrons. The van der Waals surface area contributed by atoms with Gasteiger partial charge < -0.3 is 15.2 Å². The van der Waals surface area contributed by atoms with Crippen molar-refractivity contribution in [1.82, 2.24) is 5.43 Å². The van der Waals surface area contributed by atoms with Gasteiger partial charge in [-0.3, -0.25) is 4.79 Å². The van der Waals surface area contributed by atoms with Crippen LogP contribution in [0.15, 0.2) is 53.6 Å². The van der Waals surface area contributed by atoms with Crippen LogP contribution in [0.1, 0.15) is 18.9 Å². The molecule has 2 aromatic rings. The molecule has 0 spiro atoms. The molecule has 2 aromatic carbocycles. The Labute approximate surface area is 141 Å². The fraction of sp³-hybridized carbons (Fsp3) is 0.222. The number of benzene rings is 2. The zero-order chi connectivity index (χ0) is 17.4. The van der Waals surface area contributed by atoms with E-state index in [4.69, 9.17) is 4.74 Å². The molecule has 0 saturated carbocycles. The van der Waals surface area contributed by atoms with Gasteiger partial charge in [-0.2, -0.15) is 5.10 Å². The first-order chi connectivity index (χ1) is 11.6. The minimum Gasteiger partial charge on any atom is -0.507 e. The van der Waals surface area contributed by atoms with E-state index in [0.29, 0.717) is 17.7 Å². The monoisotopic (exact) mass is 327 g/mol. The van der Waals surface area contributed by atoms with Crippen LogP contribution in [0, 0.1) is 0 Å². The van der Waals surface area contributed by atoms with Gasteiger partial charge in [0.1, 0.15) is 17.5 Å². The SMILES string of the molecule is CCC(Nc1ccccc1)C(=O)NN=Cc1cc(OC)ccc1O. The predicted octanol–water partition coefficient (Wildman–Crippen LogP) is 2.74. The Morgan fingerprint density at radius 2 is 2.04 bits per heavy atom. The lowest BCUT2D eigenvalue weighted by Crippen LogP contribution is -2.36. The van der Waals surface area contributed by atoms with Gasteiger partial charge in [0.15, 0.2) is 0 Å². The molecule has 0 aromatic heterocycles. The van der Waals surface area contributed by atoms with Crippen molar-refractivity contribution in [2.24, 2.45) is 5.10 Å². The number of amides is 1. The van der Waals surface area contributed by atoms with Crippen molar-refractivity contribution >= 4 is 17.8 Å². The van der Waals surface area contributed by atoms with Gasteiger partial charge in [-0.25, -0.2) is 5.43 Å². The van der Waals surface area contributed by atoms with E-state index < -0.39 is 6.04 Å². The lowest BCUT2D eigenvalue weighted by molar-refractivity contribution is -0.121. The Morgan fingerprint density at radius 1 is 1.29 bits per heavy atom. The molecular formula is C18H21N3O3. The van der Waals surface area contributed by atoms with E-state index in [2.05, 4.69) is 15.8 Å². The summed E-state index contributed by atoms with van der Waals surface area (Å²) in [4.78, 5) is 12.2. The van der Waals surface area contributed by atoms with E-state index in [9.17, 15) is 9.90 Å². The molecule has 3 N–H and O–H groups in total. The largest absolute Gasteiger partial charge is 0.507 e. The first kappa shape index (κ1) is 17.3. The van der Waals surface area contributed by atoms with Gasteiger partial charge in [-0.15, -0.1) is 0 Å². The smallest absolute Gasteiger partial charge is 0.262 e. The number of phenols is 1. The number of hydrogen-bond acceptors (Lipinski definition) is 5.